The minimum Gasteiger partial charge on any atom is -0.508 e. The Morgan fingerprint density at radius 3 is 2.31 bits per heavy atom. The molecule has 13 heteroatoms. The molecule has 1 aliphatic heterocycles. The van der Waals surface area contributed by atoms with Crippen molar-refractivity contribution in [3.05, 3.63) is 29.8 Å². The van der Waals surface area contributed by atoms with E-state index >= 15 is 0 Å². The Labute approximate surface area is 207 Å². The summed E-state index contributed by atoms with van der Waals surface area (Å²) >= 11 is 0. The summed E-state index contributed by atoms with van der Waals surface area (Å²) in [5.41, 5.74) is 11.8. The highest BCUT2D eigenvalue weighted by Gasteiger charge is 2.39. The lowest BCUT2D eigenvalue weighted by Gasteiger charge is -2.29. The summed E-state index contributed by atoms with van der Waals surface area (Å²) in [5, 5.41) is 33.7. The van der Waals surface area contributed by atoms with E-state index in [9.17, 15) is 39.3 Å². The van der Waals surface area contributed by atoms with Gasteiger partial charge in [-0.25, -0.2) is 4.79 Å². The van der Waals surface area contributed by atoms with Crippen molar-refractivity contribution in [1.82, 2.24) is 15.5 Å². The number of aromatic hydroxyl groups is 1. The smallest absolute Gasteiger partial charge is 0.326 e. The van der Waals surface area contributed by atoms with Crippen molar-refractivity contribution in [1.29, 1.82) is 0 Å². The van der Waals surface area contributed by atoms with Gasteiger partial charge < -0.3 is 42.3 Å². The maximum atomic E-state index is 13.1. The molecule has 0 aliphatic carbocycles. The summed E-state index contributed by atoms with van der Waals surface area (Å²) in [7, 11) is 0. The van der Waals surface area contributed by atoms with E-state index in [0.29, 0.717) is 12.0 Å². The van der Waals surface area contributed by atoms with Gasteiger partial charge in [-0.15, -0.1) is 0 Å². The number of carbonyl (C=O) groups is 5. The molecule has 0 aromatic heterocycles. The predicted octanol–water partition coefficient (Wildman–Crippen LogP) is -2.05. The number of amides is 4. The van der Waals surface area contributed by atoms with Gasteiger partial charge in [-0.2, -0.15) is 0 Å². The first kappa shape index (κ1) is 28.5. The highest BCUT2D eigenvalue weighted by atomic mass is 16.4. The molecule has 1 fully saturated rings. The van der Waals surface area contributed by atoms with Crippen molar-refractivity contribution < 1.29 is 39.3 Å². The van der Waals surface area contributed by atoms with Gasteiger partial charge in [0.2, 0.25) is 23.6 Å². The molecule has 4 amide bonds. The Morgan fingerprint density at radius 2 is 1.75 bits per heavy atom. The van der Waals surface area contributed by atoms with Gasteiger partial charge in [0.05, 0.1) is 12.1 Å². The quantitative estimate of drug-likeness (QED) is 0.165. The molecule has 1 heterocycles. The number of nitrogens with one attached hydrogen (secondary N) is 2. The topological polar surface area (TPSA) is 225 Å². The van der Waals surface area contributed by atoms with Crippen LogP contribution in [0.4, 0.5) is 0 Å². The van der Waals surface area contributed by atoms with Crippen LogP contribution in [-0.2, 0) is 30.4 Å². The fraction of sp³-hybridized carbons (Fsp3) is 0.522. The Kier molecular flexibility index (Phi) is 10.2. The Balaban J connectivity index is 2.11. The van der Waals surface area contributed by atoms with Gasteiger partial charge in [0.15, 0.2) is 0 Å². The van der Waals surface area contributed by atoms with Crippen LogP contribution < -0.4 is 22.1 Å². The summed E-state index contributed by atoms with van der Waals surface area (Å²) in [4.78, 5) is 62.6. The van der Waals surface area contributed by atoms with Crippen LogP contribution in [-0.4, -0.2) is 86.6 Å². The van der Waals surface area contributed by atoms with Crippen molar-refractivity contribution in [3.8, 4) is 5.75 Å². The molecule has 0 bridgehead atoms. The van der Waals surface area contributed by atoms with Gasteiger partial charge in [0.1, 0.15) is 23.9 Å². The average Bonchev–Trinajstić information content (AvgIpc) is 3.31. The Morgan fingerprint density at radius 1 is 1.11 bits per heavy atom. The monoisotopic (exact) mass is 507 g/mol. The highest BCUT2D eigenvalue weighted by molar-refractivity contribution is 5.94. The third kappa shape index (κ3) is 7.92. The van der Waals surface area contributed by atoms with E-state index in [2.05, 4.69) is 10.6 Å². The van der Waals surface area contributed by atoms with Gasteiger partial charge >= 0.3 is 5.97 Å². The van der Waals surface area contributed by atoms with Gasteiger partial charge in [-0.3, -0.25) is 19.2 Å². The number of phenolic OH excluding ortho intramolecular Hbond substituents is 1. The lowest BCUT2D eigenvalue weighted by molar-refractivity contribution is -0.149. The molecular weight excluding hydrogens is 474 g/mol. The minimum absolute atomic E-state index is 0.0478. The lowest BCUT2D eigenvalue weighted by atomic mass is 10.0. The molecule has 1 aromatic carbocycles. The van der Waals surface area contributed by atoms with Crippen LogP contribution in [0.2, 0.25) is 0 Å². The van der Waals surface area contributed by atoms with Crippen LogP contribution in [0.25, 0.3) is 0 Å². The summed E-state index contributed by atoms with van der Waals surface area (Å²) < 4.78 is 0. The second-order valence-electron chi connectivity index (χ2n) is 8.80. The average molecular weight is 508 g/mol. The molecule has 0 saturated carbocycles. The van der Waals surface area contributed by atoms with Crippen LogP contribution in [0.5, 0.6) is 5.75 Å². The number of aliphatic hydroxyl groups is 1. The van der Waals surface area contributed by atoms with Crippen LogP contribution in [0, 0.1) is 0 Å². The molecule has 36 heavy (non-hydrogen) atoms. The van der Waals surface area contributed by atoms with Crippen LogP contribution in [0.1, 0.15) is 38.2 Å². The molecule has 2 rings (SSSR count). The second kappa shape index (κ2) is 12.8. The molecule has 13 nitrogen and oxygen atoms in total. The number of carbonyl (C=O) groups excluding carboxylic acids is 4. The molecule has 1 aliphatic rings. The fourth-order valence-corrected chi connectivity index (χ4v) is 3.94. The maximum Gasteiger partial charge on any atom is 0.326 e. The van der Waals surface area contributed by atoms with Crippen LogP contribution in [0.15, 0.2) is 24.3 Å². The van der Waals surface area contributed by atoms with Crippen molar-refractivity contribution in [2.24, 2.45) is 11.5 Å². The van der Waals surface area contributed by atoms with E-state index in [-0.39, 0.29) is 38.0 Å². The van der Waals surface area contributed by atoms with Gasteiger partial charge in [-0.1, -0.05) is 12.1 Å². The first-order chi connectivity index (χ1) is 16.9. The van der Waals surface area contributed by atoms with Gasteiger partial charge in [0, 0.05) is 13.0 Å². The molecule has 198 valence electrons. The van der Waals surface area contributed by atoms with Crippen molar-refractivity contribution in [3.63, 3.8) is 0 Å². The third-order valence-corrected chi connectivity index (χ3v) is 5.91. The zero-order valence-electron chi connectivity index (χ0n) is 19.9. The third-order valence-electron chi connectivity index (χ3n) is 5.91. The molecule has 1 aromatic rings. The van der Waals surface area contributed by atoms with E-state index < -0.39 is 59.9 Å². The summed E-state index contributed by atoms with van der Waals surface area (Å²) in [6.45, 7) is 1.43. The molecule has 5 atom stereocenters. The minimum atomic E-state index is -1.49. The van der Waals surface area contributed by atoms with Crippen molar-refractivity contribution in [2.75, 3.05) is 6.54 Å². The number of hydrogen-bond acceptors (Lipinski definition) is 8. The summed E-state index contributed by atoms with van der Waals surface area (Å²) in [5.74, 6) is -4.21. The van der Waals surface area contributed by atoms with E-state index in [4.69, 9.17) is 11.5 Å². The number of phenols is 1. The number of carboxylic acids is 1. The SMILES string of the molecule is CC(O)C(NC(=O)C(N)Cc1ccc(O)cc1)C(=O)NC(CCC(N)=O)C(=O)N1CCCC1C(=O)O. The van der Waals surface area contributed by atoms with Crippen LogP contribution >= 0.6 is 0 Å². The van der Waals surface area contributed by atoms with E-state index in [1.54, 1.807) is 12.1 Å². The molecule has 0 radical (unpaired) electrons. The number of aliphatic hydroxyl groups excluding tert-OH is 1. The highest BCUT2D eigenvalue weighted by Crippen LogP contribution is 2.20. The first-order valence-electron chi connectivity index (χ1n) is 11.5. The number of nitrogens with zero attached hydrogens (tertiary/aromatic N) is 1. The van der Waals surface area contributed by atoms with Crippen LogP contribution in [0.3, 0.4) is 0 Å². The lowest BCUT2D eigenvalue weighted by Crippen LogP contribution is -2.60. The number of rotatable bonds is 12. The summed E-state index contributed by atoms with van der Waals surface area (Å²) in [6, 6.07) is 1.11. The zero-order chi connectivity index (χ0) is 27.0. The number of primary amides is 1. The Bertz CT molecular complexity index is 968. The number of hydrogen-bond donors (Lipinski definition) is 7. The van der Waals surface area contributed by atoms with E-state index in [1.807, 2.05) is 0 Å². The maximum absolute atomic E-state index is 13.1. The second-order valence-corrected chi connectivity index (χ2v) is 8.80. The molecule has 0 spiro atoms. The first-order valence-corrected chi connectivity index (χ1v) is 11.5. The molecule has 5 unspecified atom stereocenters. The summed E-state index contributed by atoms with van der Waals surface area (Å²) in [6.07, 6.45) is -1.02. The van der Waals surface area contributed by atoms with Crippen molar-refractivity contribution >= 4 is 29.6 Å². The number of likely N-dealkylation sites (tertiary alicyclic amines) is 1. The normalized spacial score (nSPS) is 18.5. The largest absolute Gasteiger partial charge is 0.508 e. The van der Waals surface area contributed by atoms with Gasteiger partial charge in [-0.05, 0) is 50.3 Å². The van der Waals surface area contributed by atoms with E-state index in [0.717, 1.165) is 4.90 Å². The number of aliphatic carboxylic acids is 1. The number of nitrogens with two attached hydrogens (primary N) is 2. The number of benzene rings is 1. The van der Waals surface area contributed by atoms with Gasteiger partial charge in [0.25, 0.3) is 0 Å². The van der Waals surface area contributed by atoms with Crippen molar-refractivity contribution in [2.45, 2.75) is 69.3 Å². The molecule has 1 saturated heterocycles. The fourth-order valence-electron chi connectivity index (χ4n) is 3.94. The Hall–Kier alpha value is -3.71. The molecular formula is C23H33N5O8. The number of carboxylic acid groups (broad SMARTS) is 1. The zero-order valence-corrected chi connectivity index (χ0v) is 19.9. The molecule has 9 N–H and O–H groups in total. The standard InChI is InChI=1S/C23H33N5O8/c1-12(29)19(27-20(32)15(24)11-13-4-6-14(30)7-5-13)21(33)26-16(8-9-18(25)31)22(34)28-10-2-3-17(28)23(35)36/h4-7,12,15-17,19,29-30H,2-3,8-11,24H2,1H3,(H2,25,31)(H,26,33)(H,27,32)(H,35,36). The van der Waals surface area contributed by atoms with E-state index in [1.165, 1.54) is 19.1 Å². The predicted molar refractivity (Wildman–Crippen MR) is 126 cm³/mol.